The van der Waals surface area contributed by atoms with E-state index in [0.717, 1.165) is 33.3 Å². The lowest BCUT2D eigenvalue weighted by atomic mass is 9.77. The summed E-state index contributed by atoms with van der Waals surface area (Å²) in [5, 5.41) is 27.8. The van der Waals surface area contributed by atoms with Crippen LogP contribution < -0.4 is 20.8 Å². The number of anilines is 3. The largest absolute Gasteiger partial charge is 0.489 e. The van der Waals surface area contributed by atoms with Gasteiger partial charge in [-0.2, -0.15) is 20.9 Å². The lowest BCUT2D eigenvalue weighted by Crippen LogP contribution is -2.36. The summed E-state index contributed by atoms with van der Waals surface area (Å²) in [4.78, 5) is 34.1. The Kier molecular flexibility index (Phi) is 14.6. The minimum atomic E-state index is -0.873. The van der Waals surface area contributed by atoms with E-state index < -0.39 is 9.58 Å². The van der Waals surface area contributed by atoms with E-state index in [2.05, 4.69) is 70.9 Å². The summed E-state index contributed by atoms with van der Waals surface area (Å²) in [6.45, 7) is 11.1. The topological polar surface area (TPSA) is 158 Å². The first-order valence-electron chi connectivity index (χ1n) is 18.7. The number of thiol groups is 1. The number of hydrogen-bond donors (Lipinski definition) is 5. The van der Waals surface area contributed by atoms with Gasteiger partial charge < -0.3 is 20.1 Å². The molecule has 4 aromatic carbocycles. The van der Waals surface area contributed by atoms with Crippen molar-refractivity contribution in [2.45, 2.75) is 40.0 Å². The number of carbonyl (C=O) groups excluding carboxylic acids is 2. The molecule has 1 atom stereocenters. The number of hydrogen-bond acceptors (Lipinski definition) is 12. The molecule has 0 bridgehead atoms. The van der Waals surface area contributed by atoms with Crippen molar-refractivity contribution in [2.24, 2.45) is 5.92 Å². The van der Waals surface area contributed by atoms with Gasteiger partial charge in [-0.25, -0.2) is 4.98 Å². The van der Waals surface area contributed by atoms with E-state index in [1.165, 1.54) is 14.0 Å². The van der Waals surface area contributed by atoms with Crippen molar-refractivity contribution < 1.29 is 28.4 Å². The monoisotopic (exact) mass is 844 g/mol. The number of benzene rings is 4. The van der Waals surface area contributed by atoms with Gasteiger partial charge in [0.1, 0.15) is 38.4 Å². The molecule has 4 N–H and O–H groups in total. The predicted molar refractivity (Wildman–Crippen MR) is 233 cm³/mol. The summed E-state index contributed by atoms with van der Waals surface area (Å²) in [6.07, 6.45) is 0. The second-order valence-electron chi connectivity index (χ2n) is 14.6. The molecule has 0 radical (unpaired) electrons. The van der Waals surface area contributed by atoms with Gasteiger partial charge in [-0.1, -0.05) is 69.6 Å². The van der Waals surface area contributed by atoms with Crippen molar-refractivity contribution in [2.75, 3.05) is 61.9 Å². The lowest BCUT2D eigenvalue weighted by molar-refractivity contribution is -0.955. The van der Waals surface area contributed by atoms with E-state index in [1.807, 2.05) is 56.3 Å². The van der Waals surface area contributed by atoms with Crippen molar-refractivity contribution in [3.8, 4) is 22.9 Å². The van der Waals surface area contributed by atoms with Crippen molar-refractivity contribution in [3.05, 3.63) is 106 Å². The van der Waals surface area contributed by atoms with Gasteiger partial charge in [0.25, 0.3) is 5.95 Å². The van der Waals surface area contributed by atoms with Crippen LogP contribution in [0, 0.1) is 17.2 Å². The molecule has 304 valence electrons. The Balaban J connectivity index is 1.28. The SMILES string of the molecule is CC(=O)c1cc(NCCOCCNc2nc(N[N+](C)(O)S)nc3ccc(-c4ccc(C(C)(C)c5cc(Cl)c(OCCCl)c(C#N)c5)cc4)cc23)ccc1C(=O)C(C)C. The molecular formula is C43H48Cl2N7O5S+. The van der Waals surface area contributed by atoms with Gasteiger partial charge in [0.2, 0.25) is 0 Å². The zero-order valence-electron chi connectivity index (χ0n) is 33.3. The highest BCUT2D eigenvalue weighted by Crippen LogP contribution is 2.39. The molecule has 0 aliphatic heterocycles. The van der Waals surface area contributed by atoms with Crippen LogP contribution in [0.25, 0.3) is 22.0 Å². The van der Waals surface area contributed by atoms with Crippen LogP contribution in [0.2, 0.25) is 5.02 Å². The summed E-state index contributed by atoms with van der Waals surface area (Å²) < 4.78 is 10.7. The number of alkyl halides is 1. The third kappa shape index (κ3) is 11.0. The molecule has 0 saturated heterocycles. The Hall–Kier alpha value is -4.94. The Morgan fingerprint density at radius 1 is 0.931 bits per heavy atom. The Bertz CT molecular complexity index is 2330. The van der Waals surface area contributed by atoms with Gasteiger partial charge in [0, 0.05) is 46.6 Å². The van der Waals surface area contributed by atoms with E-state index in [4.69, 9.17) is 32.7 Å². The van der Waals surface area contributed by atoms with Gasteiger partial charge in [0.15, 0.2) is 17.3 Å². The lowest BCUT2D eigenvalue weighted by Gasteiger charge is -2.27. The minimum Gasteiger partial charge on any atom is -0.489 e. The molecule has 12 nitrogen and oxygen atoms in total. The van der Waals surface area contributed by atoms with Crippen LogP contribution in [0.5, 0.6) is 5.75 Å². The average Bonchev–Trinajstić information content (AvgIpc) is 3.18. The number of carbonyl (C=O) groups is 2. The van der Waals surface area contributed by atoms with E-state index in [-0.39, 0.29) is 35.9 Å². The highest BCUT2D eigenvalue weighted by atomic mass is 35.5. The summed E-state index contributed by atoms with van der Waals surface area (Å²) in [5.41, 5.74) is 8.62. The fourth-order valence-corrected chi connectivity index (χ4v) is 6.78. The molecule has 5 aromatic rings. The first-order chi connectivity index (χ1) is 27.5. The molecule has 0 fully saturated rings. The maximum Gasteiger partial charge on any atom is 0.275 e. The smallest absolute Gasteiger partial charge is 0.275 e. The average molecular weight is 846 g/mol. The maximum absolute atomic E-state index is 12.6. The minimum absolute atomic E-state index is 0.0656. The molecule has 58 heavy (non-hydrogen) atoms. The zero-order valence-corrected chi connectivity index (χ0v) is 35.7. The van der Waals surface area contributed by atoms with Gasteiger partial charge in [0.05, 0.1) is 35.2 Å². The number of hydroxylamine groups is 1. The van der Waals surface area contributed by atoms with Gasteiger partial charge in [-0.05, 0) is 75.8 Å². The third-order valence-electron chi connectivity index (χ3n) is 9.46. The Labute approximate surface area is 354 Å². The standard InChI is InChI=1S/C43H47Cl2N7O5S/c1-26(2)39(54)34-13-12-33(24-35(34)27(3)53)47-16-19-56-20-17-48-41-36-22-29(9-14-38(36)49-42(50-41)51-52(6,55)58)28-7-10-31(11-8-28)43(4,5)32-21-30(25-46)40(37(45)23-32)57-18-15-44/h7-14,21-24,26,55,58H,15-20H2,1-6H3,(H2-,47,48,49,50,51,54)/p+1. The number of Topliss-reactive ketones (excluding diaryl/α,β-unsaturated/α-hetero) is 2. The quantitative estimate of drug-likeness (QED) is 0.0135. The Morgan fingerprint density at radius 3 is 2.26 bits per heavy atom. The number of aromatic nitrogens is 2. The number of nitriles is 1. The van der Waals surface area contributed by atoms with Crippen LogP contribution in [0.4, 0.5) is 17.5 Å². The molecule has 0 aliphatic carbocycles. The van der Waals surface area contributed by atoms with E-state index in [1.54, 1.807) is 18.2 Å². The molecule has 15 heteroatoms. The number of quaternary nitrogens is 1. The van der Waals surface area contributed by atoms with Crippen molar-refractivity contribution in [1.29, 1.82) is 5.26 Å². The number of fused-ring (bicyclic) bond motifs is 1. The first-order valence-corrected chi connectivity index (χ1v) is 20.0. The molecule has 5 rings (SSSR count). The molecule has 0 spiro atoms. The number of halogens is 2. The molecule has 0 aliphatic rings. The highest BCUT2D eigenvalue weighted by Gasteiger charge is 2.26. The van der Waals surface area contributed by atoms with E-state index >= 15 is 0 Å². The number of nitrogens with one attached hydrogen (secondary N) is 3. The number of nitrogens with zero attached hydrogens (tertiary/aromatic N) is 4. The third-order valence-corrected chi connectivity index (χ3v) is 9.99. The van der Waals surface area contributed by atoms with E-state index in [0.29, 0.717) is 65.1 Å². The van der Waals surface area contributed by atoms with Crippen LogP contribution in [0.1, 0.15) is 72.0 Å². The maximum atomic E-state index is 12.6. The molecule has 1 unspecified atom stereocenters. The summed E-state index contributed by atoms with van der Waals surface area (Å²) in [5.74, 6) is 0.876. The second-order valence-corrected chi connectivity index (χ2v) is 16.2. The Morgan fingerprint density at radius 2 is 1.62 bits per heavy atom. The van der Waals surface area contributed by atoms with E-state index in [9.17, 15) is 20.1 Å². The summed E-state index contributed by atoms with van der Waals surface area (Å²) in [6, 6.07) is 25.1. The molecule has 1 heterocycles. The van der Waals surface area contributed by atoms with Crippen LogP contribution in [-0.2, 0) is 10.2 Å². The van der Waals surface area contributed by atoms with Crippen LogP contribution in [0.15, 0.2) is 72.8 Å². The summed E-state index contributed by atoms with van der Waals surface area (Å²) >= 11 is 16.5. The van der Waals surface area contributed by atoms with Crippen molar-refractivity contribution >= 4 is 75.9 Å². The predicted octanol–water partition coefficient (Wildman–Crippen LogP) is 9.35. The van der Waals surface area contributed by atoms with Crippen LogP contribution in [0.3, 0.4) is 0 Å². The fourth-order valence-electron chi connectivity index (χ4n) is 6.34. The number of rotatable bonds is 19. The van der Waals surface area contributed by atoms with Crippen LogP contribution >= 0.6 is 36.0 Å². The van der Waals surface area contributed by atoms with Crippen molar-refractivity contribution in [1.82, 2.24) is 9.97 Å². The van der Waals surface area contributed by atoms with Gasteiger partial charge in [-0.15, -0.1) is 11.6 Å². The van der Waals surface area contributed by atoms with Crippen LogP contribution in [-0.4, -0.2) is 76.7 Å². The number of ether oxygens (including phenoxy) is 2. The fraction of sp³-hybridized carbons (Fsp3) is 0.326. The highest BCUT2D eigenvalue weighted by molar-refractivity contribution is 7.74. The van der Waals surface area contributed by atoms with Crippen molar-refractivity contribution in [3.63, 3.8) is 0 Å². The van der Waals surface area contributed by atoms with Gasteiger partial charge >= 0.3 is 0 Å². The second kappa shape index (κ2) is 19.2. The molecular weight excluding hydrogens is 797 g/mol. The molecule has 0 saturated carbocycles. The van der Waals surface area contributed by atoms with Gasteiger partial charge in [-0.3, -0.25) is 9.59 Å². The summed E-state index contributed by atoms with van der Waals surface area (Å²) in [7, 11) is 1.42. The molecule has 0 amide bonds. The zero-order chi connectivity index (χ0) is 42.2. The first kappa shape index (κ1) is 44.2. The number of ketones is 2. The molecule has 1 aromatic heterocycles. The normalized spacial score (nSPS) is 12.5.